The van der Waals surface area contributed by atoms with Gasteiger partial charge in [-0.3, -0.25) is 4.99 Å². The highest BCUT2D eigenvalue weighted by molar-refractivity contribution is 7.11. The first kappa shape index (κ1) is 16.0. The lowest BCUT2D eigenvalue weighted by atomic mass is 10.2. The number of aryl methyl sites for hydroxylation is 2. The van der Waals surface area contributed by atoms with Crippen LogP contribution in [-0.4, -0.2) is 19.0 Å². The average molecular weight is 322 g/mol. The molecule has 114 valence electrons. The standard InChI is InChI=1S/C16H23N3S2/c1-11-7-8-20-15(11)10-18-16(17-4)19-12(2)9-14-6-5-13(3)21-14/h5-8,12H,9-10H2,1-4H3,(H2,17,18,19). The topological polar surface area (TPSA) is 36.4 Å². The fourth-order valence-electron chi connectivity index (χ4n) is 2.12. The molecule has 1 unspecified atom stereocenters. The van der Waals surface area contributed by atoms with Gasteiger partial charge in [-0.1, -0.05) is 0 Å². The van der Waals surface area contributed by atoms with E-state index in [0.717, 1.165) is 18.9 Å². The van der Waals surface area contributed by atoms with Crippen molar-refractivity contribution in [2.24, 2.45) is 4.99 Å². The van der Waals surface area contributed by atoms with Crippen LogP contribution in [0.4, 0.5) is 0 Å². The zero-order chi connectivity index (χ0) is 15.2. The molecule has 0 amide bonds. The van der Waals surface area contributed by atoms with Gasteiger partial charge in [0.25, 0.3) is 0 Å². The van der Waals surface area contributed by atoms with Crippen molar-refractivity contribution in [3.63, 3.8) is 0 Å². The fraction of sp³-hybridized carbons (Fsp3) is 0.438. The number of guanidine groups is 1. The van der Waals surface area contributed by atoms with Crippen molar-refractivity contribution in [3.05, 3.63) is 43.8 Å². The number of nitrogens with zero attached hydrogens (tertiary/aromatic N) is 1. The molecule has 2 aromatic rings. The highest BCUT2D eigenvalue weighted by Gasteiger charge is 2.08. The predicted octanol–water partition coefficient (Wildman–Crippen LogP) is 3.72. The van der Waals surface area contributed by atoms with Gasteiger partial charge in [-0.2, -0.15) is 0 Å². The van der Waals surface area contributed by atoms with Gasteiger partial charge in [-0.25, -0.2) is 0 Å². The number of aliphatic imine (C=N–C) groups is 1. The van der Waals surface area contributed by atoms with Crippen molar-refractivity contribution in [1.29, 1.82) is 0 Å². The molecule has 2 N–H and O–H groups in total. The van der Waals surface area contributed by atoms with Crippen LogP contribution in [-0.2, 0) is 13.0 Å². The SMILES string of the molecule is CN=C(NCc1sccc1C)NC(C)Cc1ccc(C)s1. The van der Waals surface area contributed by atoms with Crippen molar-refractivity contribution in [1.82, 2.24) is 10.6 Å². The van der Waals surface area contributed by atoms with E-state index in [9.17, 15) is 0 Å². The van der Waals surface area contributed by atoms with Gasteiger partial charge in [0.15, 0.2) is 5.96 Å². The molecular formula is C16H23N3S2. The van der Waals surface area contributed by atoms with E-state index in [1.807, 2.05) is 18.4 Å². The molecule has 0 fully saturated rings. The largest absolute Gasteiger partial charge is 0.354 e. The summed E-state index contributed by atoms with van der Waals surface area (Å²) in [6.07, 6.45) is 1.03. The van der Waals surface area contributed by atoms with Gasteiger partial charge in [0.1, 0.15) is 0 Å². The fourth-order valence-corrected chi connectivity index (χ4v) is 3.99. The van der Waals surface area contributed by atoms with Crippen LogP contribution in [0.3, 0.4) is 0 Å². The predicted molar refractivity (Wildman–Crippen MR) is 94.6 cm³/mol. The van der Waals surface area contributed by atoms with Gasteiger partial charge in [0.2, 0.25) is 0 Å². The molecule has 5 heteroatoms. The smallest absolute Gasteiger partial charge is 0.191 e. The molecule has 0 aliphatic heterocycles. The van der Waals surface area contributed by atoms with E-state index >= 15 is 0 Å². The maximum absolute atomic E-state index is 4.31. The summed E-state index contributed by atoms with van der Waals surface area (Å²) in [5.41, 5.74) is 1.34. The lowest BCUT2D eigenvalue weighted by molar-refractivity contribution is 0.645. The van der Waals surface area contributed by atoms with Gasteiger partial charge in [0.05, 0.1) is 6.54 Å². The third-order valence-electron chi connectivity index (χ3n) is 3.29. The summed E-state index contributed by atoms with van der Waals surface area (Å²) < 4.78 is 0. The average Bonchev–Trinajstić information content (AvgIpc) is 3.03. The Kier molecular flexibility index (Phi) is 5.82. The Labute approximate surface area is 135 Å². The molecule has 2 rings (SSSR count). The van der Waals surface area contributed by atoms with Crippen molar-refractivity contribution >= 4 is 28.6 Å². The molecule has 0 saturated carbocycles. The second-order valence-corrected chi connectivity index (χ2v) is 7.59. The minimum absolute atomic E-state index is 0.360. The van der Waals surface area contributed by atoms with Crippen LogP contribution in [0, 0.1) is 13.8 Å². The van der Waals surface area contributed by atoms with Crippen molar-refractivity contribution < 1.29 is 0 Å². The van der Waals surface area contributed by atoms with Crippen molar-refractivity contribution in [2.45, 2.75) is 39.8 Å². The van der Waals surface area contributed by atoms with Crippen LogP contribution < -0.4 is 10.6 Å². The zero-order valence-electron chi connectivity index (χ0n) is 13.1. The monoisotopic (exact) mass is 321 g/mol. The molecule has 0 saturated heterocycles. The Balaban J connectivity index is 1.83. The molecule has 0 radical (unpaired) electrons. The number of hydrogen-bond donors (Lipinski definition) is 2. The van der Waals surface area contributed by atoms with E-state index in [1.165, 1.54) is 20.2 Å². The van der Waals surface area contributed by atoms with Crippen LogP contribution in [0.15, 0.2) is 28.6 Å². The van der Waals surface area contributed by atoms with Gasteiger partial charge >= 0.3 is 0 Å². The first-order valence-electron chi connectivity index (χ1n) is 7.14. The maximum atomic E-state index is 4.31. The summed E-state index contributed by atoms with van der Waals surface area (Å²) in [5, 5.41) is 8.97. The molecule has 3 nitrogen and oxygen atoms in total. The summed E-state index contributed by atoms with van der Waals surface area (Å²) in [5.74, 6) is 0.864. The Morgan fingerprint density at radius 1 is 1.29 bits per heavy atom. The minimum atomic E-state index is 0.360. The zero-order valence-corrected chi connectivity index (χ0v) is 14.7. The first-order valence-corrected chi connectivity index (χ1v) is 8.83. The number of nitrogens with one attached hydrogen (secondary N) is 2. The van der Waals surface area contributed by atoms with E-state index in [1.54, 1.807) is 11.3 Å². The second kappa shape index (κ2) is 7.61. The molecule has 0 aliphatic carbocycles. The molecule has 2 heterocycles. The maximum Gasteiger partial charge on any atom is 0.191 e. The van der Waals surface area contributed by atoms with E-state index in [-0.39, 0.29) is 0 Å². The molecule has 1 atom stereocenters. The van der Waals surface area contributed by atoms with E-state index < -0.39 is 0 Å². The molecule has 2 aromatic heterocycles. The molecule has 0 bridgehead atoms. The summed E-state index contributed by atoms with van der Waals surface area (Å²) in [7, 11) is 1.82. The summed E-state index contributed by atoms with van der Waals surface area (Å²) in [6, 6.07) is 6.90. The summed E-state index contributed by atoms with van der Waals surface area (Å²) >= 11 is 3.65. The lowest BCUT2D eigenvalue weighted by Crippen LogP contribution is -2.42. The first-order chi connectivity index (χ1) is 10.1. The van der Waals surface area contributed by atoms with Crippen LogP contribution in [0.25, 0.3) is 0 Å². The number of rotatable bonds is 5. The lowest BCUT2D eigenvalue weighted by Gasteiger charge is -2.17. The Hall–Kier alpha value is -1.33. The summed E-state index contributed by atoms with van der Waals surface area (Å²) in [6.45, 7) is 7.31. The van der Waals surface area contributed by atoms with Gasteiger partial charge < -0.3 is 10.6 Å². The van der Waals surface area contributed by atoms with Crippen LogP contribution in [0.1, 0.15) is 27.1 Å². The van der Waals surface area contributed by atoms with E-state index in [4.69, 9.17) is 0 Å². The number of thiophene rings is 2. The molecule has 0 aromatic carbocycles. The minimum Gasteiger partial charge on any atom is -0.354 e. The normalized spacial score (nSPS) is 13.2. The Morgan fingerprint density at radius 2 is 2.10 bits per heavy atom. The highest BCUT2D eigenvalue weighted by Crippen LogP contribution is 2.17. The van der Waals surface area contributed by atoms with Gasteiger partial charge in [-0.05, 0) is 49.9 Å². The van der Waals surface area contributed by atoms with Crippen LogP contribution >= 0.6 is 22.7 Å². The van der Waals surface area contributed by atoms with Crippen LogP contribution in [0.2, 0.25) is 0 Å². The van der Waals surface area contributed by atoms with Crippen molar-refractivity contribution in [3.8, 4) is 0 Å². The summed E-state index contributed by atoms with van der Waals surface area (Å²) in [4.78, 5) is 8.45. The molecular weight excluding hydrogens is 298 g/mol. The van der Waals surface area contributed by atoms with E-state index in [0.29, 0.717) is 6.04 Å². The molecule has 0 aliphatic rings. The molecule has 21 heavy (non-hydrogen) atoms. The molecule has 0 spiro atoms. The highest BCUT2D eigenvalue weighted by atomic mass is 32.1. The van der Waals surface area contributed by atoms with Gasteiger partial charge in [0, 0.05) is 34.1 Å². The van der Waals surface area contributed by atoms with Gasteiger partial charge in [-0.15, -0.1) is 22.7 Å². The van der Waals surface area contributed by atoms with Crippen LogP contribution in [0.5, 0.6) is 0 Å². The third-order valence-corrected chi connectivity index (χ3v) is 5.34. The van der Waals surface area contributed by atoms with E-state index in [2.05, 4.69) is 60.0 Å². The second-order valence-electron chi connectivity index (χ2n) is 5.21. The number of hydrogen-bond acceptors (Lipinski definition) is 3. The third kappa shape index (κ3) is 4.86. The van der Waals surface area contributed by atoms with Crippen molar-refractivity contribution in [2.75, 3.05) is 7.05 Å². The quantitative estimate of drug-likeness (QED) is 0.650. The Bertz CT molecular complexity index is 598. The Morgan fingerprint density at radius 3 is 2.67 bits per heavy atom.